The average molecular weight is 657 g/mol. The van der Waals surface area contributed by atoms with Crippen molar-refractivity contribution in [2.45, 2.75) is 181 Å². The molecule has 0 spiro atoms. The van der Waals surface area contributed by atoms with E-state index >= 15 is 0 Å². The molecule has 0 aliphatic carbocycles. The molecular weight excluding hydrogens is 584 g/mol. The fourth-order valence-corrected chi connectivity index (χ4v) is 7.02. The van der Waals surface area contributed by atoms with E-state index in [1.165, 1.54) is 96.3 Å². The molecule has 2 unspecified atom stereocenters. The molecule has 1 aliphatic rings. The lowest BCUT2D eigenvalue weighted by Crippen LogP contribution is -2.26. The second kappa shape index (κ2) is 31.8. The third-order valence-corrected chi connectivity index (χ3v) is 10.1. The van der Waals surface area contributed by atoms with Crippen LogP contribution in [0, 0.1) is 11.8 Å². The molecule has 1 saturated heterocycles. The standard InChI is InChI=1S/C38H72O6S/c1-4-7-10-12-16-19-23-30-45-33-35(31-37-41-28-29-42-37)38(40)43-27-22-18-15-13-14-17-21-26-36(39)44-32-34(24-9-6-3)25-20-11-8-5-2/h34-35,37H,4-33H2,1-3H3. The van der Waals surface area contributed by atoms with Crippen LogP contribution in [0.3, 0.4) is 0 Å². The molecule has 45 heavy (non-hydrogen) atoms. The van der Waals surface area contributed by atoms with Gasteiger partial charge in [-0.05, 0) is 43.8 Å². The highest BCUT2D eigenvalue weighted by atomic mass is 32.2. The number of thioether (sulfide) groups is 1. The van der Waals surface area contributed by atoms with Crippen LogP contribution in [0.5, 0.6) is 0 Å². The number of hydrogen-bond acceptors (Lipinski definition) is 7. The van der Waals surface area contributed by atoms with Gasteiger partial charge in [0.15, 0.2) is 6.29 Å². The van der Waals surface area contributed by atoms with Crippen molar-refractivity contribution in [2.24, 2.45) is 11.8 Å². The van der Waals surface area contributed by atoms with Gasteiger partial charge in [0.05, 0.1) is 32.3 Å². The number of hydrogen-bond donors (Lipinski definition) is 0. The molecule has 1 heterocycles. The van der Waals surface area contributed by atoms with Gasteiger partial charge in [0.1, 0.15) is 0 Å². The van der Waals surface area contributed by atoms with Crippen molar-refractivity contribution in [2.75, 3.05) is 37.9 Å². The van der Waals surface area contributed by atoms with Gasteiger partial charge in [0.25, 0.3) is 0 Å². The highest BCUT2D eigenvalue weighted by molar-refractivity contribution is 7.99. The van der Waals surface area contributed by atoms with Crippen LogP contribution in [0.15, 0.2) is 0 Å². The summed E-state index contributed by atoms with van der Waals surface area (Å²) in [4.78, 5) is 25.1. The van der Waals surface area contributed by atoms with Crippen LogP contribution in [0.2, 0.25) is 0 Å². The minimum Gasteiger partial charge on any atom is -0.465 e. The van der Waals surface area contributed by atoms with Crippen molar-refractivity contribution >= 4 is 23.7 Å². The van der Waals surface area contributed by atoms with Crippen LogP contribution < -0.4 is 0 Å². The number of carbonyl (C=O) groups excluding carboxylic acids is 2. The average Bonchev–Trinajstić information content (AvgIpc) is 3.56. The van der Waals surface area contributed by atoms with Gasteiger partial charge in [0, 0.05) is 18.6 Å². The molecule has 0 amide bonds. The smallest absolute Gasteiger partial charge is 0.309 e. The zero-order valence-corrected chi connectivity index (χ0v) is 30.6. The number of ether oxygens (including phenoxy) is 4. The molecule has 7 heteroatoms. The van der Waals surface area contributed by atoms with E-state index in [-0.39, 0.29) is 24.1 Å². The first-order valence-electron chi connectivity index (χ1n) is 19.2. The van der Waals surface area contributed by atoms with E-state index in [0.717, 1.165) is 56.5 Å². The summed E-state index contributed by atoms with van der Waals surface area (Å²) in [5.41, 5.74) is 0. The quantitative estimate of drug-likeness (QED) is 0.0514. The van der Waals surface area contributed by atoms with E-state index in [2.05, 4.69) is 20.8 Å². The summed E-state index contributed by atoms with van der Waals surface area (Å²) >= 11 is 1.87. The molecule has 2 atom stereocenters. The first kappa shape index (κ1) is 42.2. The predicted molar refractivity (Wildman–Crippen MR) is 190 cm³/mol. The van der Waals surface area contributed by atoms with Crippen LogP contribution in [0.1, 0.15) is 175 Å². The Morgan fingerprint density at radius 3 is 1.89 bits per heavy atom. The van der Waals surface area contributed by atoms with E-state index < -0.39 is 0 Å². The Balaban J connectivity index is 2.09. The summed E-state index contributed by atoms with van der Waals surface area (Å²) in [5.74, 6) is 2.13. The molecule has 1 aliphatic heterocycles. The first-order chi connectivity index (χ1) is 22.1. The third-order valence-electron chi connectivity index (χ3n) is 8.89. The maximum absolute atomic E-state index is 12.9. The lowest BCUT2D eigenvalue weighted by atomic mass is 9.96. The largest absolute Gasteiger partial charge is 0.465 e. The van der Waals surface area contributed by atoms with Crippen LogP contribution in [-0.4, -0.2) is 56.2 Å². The van der Waals surface area contributed by atoms with Crippen molar-refractivity contribution in [1.29, 1.82) is 0 Å². The van der Waals surface area contributed by atoms with E-state index in [9.17, 15) is 9.59 Å². The molecule has 0 radical (unpaired) electrons. The zero-order valence-electron chi connectivity index (χ0n) is 29.8. The van der Waals surface area contributed by atoms with Gasteiger partial charge in [-0.1, -0.05) is 130 Å². The lowest BCUT2D eigenvalue weighted by molar-refractivity contribution is -0.151. The van der Waals surface area contributed by atoms with Crippen LogP contribution in [0.4, 0.5) is 0 Å². The number of carbonyl (C=O) groups is 2. The maximum Gasteiger partial charge on any atom is 0.309 e. The second-order valence-electron chi connectivity index (χ2n) is 13.2. The summed E-state index contributed by atoms with van der Waals surface area (Å²) in [6.45, 7) is 9.05. The van der Waals surface area contributed by atoms with Gasteiger partial charge >= 0.3 is 11.9 Å². The molecular formula is C38H72O6S. The first-order valence-corrected chi connectivity index (χ1v) is 20.4. The predicted octanol–water partition coefficient (Wildman–Crippen LogP) is 10.8. The zero-order chi connectivity index (χ0) is 32.6. The van der Waals surface area contributed by atoms with E-state index in [1.807, 2.05) is 11.8 Å². The van der Waals surface area contributed by atoms with Gasteiger partial charge in [-0.15, -0.1) is 0 Å². The normalized spacial score (nSPS) is 14.9. The minimum atomic E-state index is -0.272. The SMILES string of the molecule is CCCCCCCCCSCC(CC1OCCO1)C(=O)OCCCCCCCCCC(=O)OCC(CCCC)CCCCCC. The fourth-order valence-electron chi connectivity index (χ4n) is 5.89. The number of esters is 2. The Hall–Kier alpha value is -0.790. The van der Waals surface area contributed by atoms with Crippen LogP contribution in [-0.2, 0) is 28.5 Å². The lowest BCUT2D eigenvalue weighted by Gasteiger charge is -2.18. The molecule has 266 valence electrons. The summed E-state index contributed by atoms with van der Waals surface area (Å²) in [6.07, 6.45) is 27.4. The molecule has 0 aromatic rings. The minimum absolute atomic E-state index is 0.0209. The Labute approximate surface area is 282 Å². The van der Waals surface area contributed by atoms with Crippen molar-refractivity contribution in [1.82, 2.24) is 0 Å². The molecule has 0 aromatic heterocycles. The summed E-state index contributed by atoms with van der Waals surface area (Å²) < 4.78 is 22.6. The number of unbranched alkanes of at least 4 members (excludes halogenated alkanes) is 16. The summed E-state index contributed by atoms with van der Waals surface area (Å²) in [5, 5.41) is 0. The van der Waals surface area contributed by atoms with Gasteiger partial charge < -0.3 is 18.9 Å². The number of rotatable bonds is 33. The van der Waals surface area contributed by atoms with Crippen molar-refractivity contribution in [3.63, 3.8) is 0 Å². The van der Waals surface area contributed by atoms with Gasteiger partial charge in [-0.25, -0.2) is 0 Å². The second-order valence-corrected chi connectivity index (χ2v) is 14.4. The highest BCUT2D eigenvalue weighted by Gasteiger charge is 2.27. The molecule has 6 nitrogen and oxygen atoms in total. The molecule has 0 bridgehead atoms. The summed E-state index contributed by atoms with van der Waals surface area (Å²) in [7, 11) is 0. The Morgan fingerprint density at radius 1 is 0.667 bits per heavy atom. The summed E-state index contributed by atoms with van der Waals surface area (Å²) in [6, 6.07) is 0. The van der Waals surface area contributed by atoms with Crippen LogP contribution in [0.25, 0.3) is 0 Å². The van der Waals surface area contributed by atoms with Crippen molar-refractivity contribution in [3.8, 4) is 0 Å². The monoisotopic (exact) mass is 657 g/mol. The van der Waals surface area contributed by atoms with E-state index in [4.69, 9.17) is 18.9 Å². The van der Waals surface area contributed by atoms with Gasteiger partial charge in [-0.3, -0.25) is 9.59 Å². The van der Waals surface area contributed by atoms with Crippen molar-refractivity contribution in [3.05, 3.63) is 0 Å². The molecule has 0 N–H and O–H groups in total. The molecule has 1 fully saturated rings. The Morgan fingerprint density at radius 2 is 1.22 bits per heavy atom. The van der Waals surface area contributed by atoms with Crippen LogP contribution >= 0.6 is 11.8 Å². The van der Waals surface area contributed by atoms with Gasteiger partial charge in [-0.2, -0.15) is 11.8 Å². The van der Waals surface area contributed by atoms with E-state index in [1.54, 1.807) is 0 Å². The molecule has 1 rings (SSSR count). The molecule has 0 aromatic carbocycles. The maximum atomic E-state index is 12.9. The van der Waals surface area contributed by atoms with E-state index in [0.29, 0.717) is 45.2 Å². The Bertz CT molecular complexity index is 669. The molecule has 0 saturated carbocycles. The Kier molecular flexibility index (Phi) is 29.8. The third kappa shape index (κ3) is 25.9. The highest BCUT2D eigenvalue weighted by Crippen LogP contribution is 2.22. The topological polar surface area (TPSA) is 71.1 Å². The fraction of sp³-hybridized carbons (Fsp3) is 0.947. The van der Waals surface area contributed by atoms with Crippen molar-refractivity contribution < 1.29 is 28.5 Å². The van der Waals surface area contributed by atoms with Gasteiger partial charge in [0.2, 0.25) is 0 Å².